The molecule has 0 fully saturated rings. The van der Waals surface area contributed by atoms with Crippen LogP contribution in [0.4, 0.5) is 0 Å². The molecule has 0 aromatic heterocycles. The van der Waals surface area contributed by atoms with Crippen LogP contribution >= 0.6 is 0 Å². The van der Waals surface area contributed by atoms with E-state index in [2.05, 4.69) is 46.5 Å². The molecule has 1 heteroatoms. The second-order valence-electron chi connectivity index (χ2n) is 5.87. The molecule has 0 amide bonds. The molecule has 0 aliphatic rings. The van der Waals surface area contributed by atoms with Crippen molar-refractivity contribution in [3.63, 3.8) is 0 Å². The zero-order chi connectivity index (χ0) is 12.6. The van der Waals surface area contributed by atoms with Crippen LogP contribution in [0.5, 0.6) is 0 Å². The quantitative estimate of drug-likeness (QED) is 0.518. The van der Waals surface area contributed by atoms with E-state index < -0.39 is 0 Å². The lowest BCUT2D eigenvalue weighted by atomic mass is 9.90. The molecule has 0 heterocycles. The minimum Gasteiger partial charge on any atom is -0.295 e. The molecule has 0 radical (unpaired) electrons. The first kappa shape index (κ1) is 15.7. The standard InChI is InChI=1S/C15H31N/c1-12(2)15(6)9-7-8-14(5)10-11-16-13(3)4/h12,14-15H,7-11H2,1-6H3. The fraction of sp³-hybridized carbons (Fsp3) is 0.933. The normalized spacial score (nSPS) is 14.9. The highest BCUT2D eigenvalue weighted by Gasteiger charge is 2.08. The van der Waals surface area contributed by atoms with Crippen LogP contribution in [0, 0.1) is 17.8 Å². The van der Waals surface area contributed by atoms with E-state index in [0.717, 1.165) is 24.3 Å². The van der Waals surface area contributed by atoms with E-state index in [1.54, 1.807) is 0 Å². The topological polar surface area (TPSA) is 12.4 Å². The maximum Gasteiger partial charge on any atom is 0.0390 e. The molecule has 0 bridgehead atoms. The molecule has 0 saturated carbocycles. The predicted molar refractivity (Wildman–Crippen MR) is 75.3 cm³/mol. The van der Waals surface area contributed by atoms with Crippen LogP contribution in [0.3, 0.4) is 0 Å². The molecule has 16 heavy (non-hydrogen) atoms. The number of hydrogen-bond acceptors (Lipinski definition) is 1. The Bertz CT molecular complexity index is 190. The number of aliphatic imine (C=N–C) groups is 1. The molecule has 0 aliphatic heterocycles. The summed E-state index contributed by atoms with van der Waals surface area (Å²) in [7, 11) is 0. The minimum atomic E-state index is 0.836. The Balaban J connectivity index is 3.51. The van der Waals surface area contributed by atoms with Crippen molar-refractivity contribution in [2.75, 3.05) is 6.54 Å². The highest BCUT2D eigenvalue weighted by Crippen LogP contribution is 2.20. The number of rotatable bonds is 8. The van der Waals surface area contributed by atoms with E-state index in [1.165, 1.54) is 31.4 Å². The molecule has 0 aromatic carbocycles. The van der Waals surface area contributed by atoms with Gasteiger partial charge in [-0.15, -0.1) is 0 Å². The molecular weight excluding hydrogens is 194 g/mol. The van der Waals surface area contributed by atoms with Gasteiger partial charge in [0.05, 0.1) is 0 Å². The predicted octanol–water partition coefficient (Wildman–Crippen LogP) is 4.96. The van der Waals surface area contributed by atoms with Crippen molar-refractivity contribution in [2.45, 2.75) is 67.2 Å². The third kappa shape index (κ3) is 8.94. The van der Waals surface area contributed by atoms with Crippen molar-refractivity contribution >= 4 is 5.71 Å². The lowest BCUT2D eigenvalue weighted by molar-refractivity contribution is 0.358. The molecule has 0 rings (SSSR count). The molecule has 0 N–H and O–H groups in total. The molecule has 2 atom stereocenters. The van der Waals surface area contributed by atoms with Gasteiger partial charge in [0.25, 0.3) is 0 Å². The summed E-state index contributed by atoms with van der Waals surface area (Å²) in [5.41, 5.74) is 1.21. The van der Waals surface area contributed by atoms with E-state index in [0.29, 0.717) is 0 Å². The molecule has 0 aromatic rings. The van der Waals surface area contributed by atoms with Gasteiger partial charge in [0, 0.05) is 12.3 Å². The third-order valence-electron chi connectivity index (χ3n) is 3.54. The minimum absolute atomic E-state index is 0.836. The van der Waals surface area contributed by atoms with Crippen molar-refractivity contribution in [1.82, 2.24) is 0 Å². The second kappa shape index (κ2) is 8.78. The van der Waals surface area contributed by atoms with Gasteiger partial charge in [0.1, 0.15) is 0 Å². The Kier molecular flexibility index (Phi) is 8.60. The molecule has 2 unspecified atom stereocenters. The maximum absolute atomic E-state index is 4.45. The summed E-state index contributed by atoms with van der Waals surface area (Å²) in [6.07, 6.45) is 5.39. The zero-order valence-corrected chi connectivity index (χ0v) is 12.2. The summed E-state index contributed by atoms with van der Waals surface area (Å²) in [5, 5.41) is 0. The first-order valence-electron chi connectivity index (χ1n) is 6.91. The second-order valence-corrected chi connectivity index (χ2v) is 5.87. The Morgan fingerprint density at radius 3 is 2.06 bits per heavy atom. The van der Waals surface area contributed by atoms with Crippen LogP contribution in [-0.2, 0) is 0 Å². The number of nitrogens with zero attached hydrogens (tertiary/aromatic N) is 1. The summed E-state index contributed by atoms with van der Waals surface area (Å²) < 4.78 is 0. The van der Waals surface area contributed by atoms with Gasteiger partial charge in [-0.05, 0) is 38.0 Å². The van der Waals surface area contributed by atoms with E-state index in [1.807, 2.05) is 0 Å². The van der Waals surface area contributed by atoms with Crippen LogP contribution in [0.2, 0.25) is 0 Å². The molecular formula is C15H31N. The van der Waals surface area contributed by atoms with E-state index >= 15 is 0 Å². The highest BCUT2D eigenvalue weighted by atomic mass is 14.7. The molecule has 96 valence electrons. The average molecular weight is 225 g/mol. The summed E-state index contributed by atoms with van der Waals surface area (Å²) in [4.78, 5) is 4.45. The van der Waals surface area contributed by atoms with Gasteiger partial charge in [-0.3, -0.25) is 4.99 Å². The SMILES string of the molecule is CC(C)=NCCC(C)CCCC(C)C(C)C. The van der Waals surface area contributed by atoms with Crippen LogP contribution < -0.4 is 0 Å². The monoisotopic (exact) mass is 225 g/mol. The van der Waals surface area contributed by atoms with Gasteiger partial charge < -0.3 is 0 Å². The van der Waals surface area contributed by atoms with Crippen molar-refractivity contribution in [3.05, 3.63) is 0 Å². The Hall–Kier alpha value is -0.330. The van der Waals surface area contributed by atoms with Crippen molar-refractivity contribution in [1.29, 1.82) is 0 Å². The van der Waals surface area contributed by atoms with E-state index in [4.69, 9.17) is 0 Å². The van der Waals surface area contributed by atoms with E-state index in [-0.39, 0.29) is 0 Å². The molecule has 0 aliphatic carbocycles. The Morgan fingerprint density at radius 2 is 1.56 bits per heavy atom. The van der Waals surface area contributed by atoms with Crippen molar-refractivity contribution in [2.24, 2.45) is 22.7 Å². The summed E-state index contributed by atoms with van der Waals surface area (Å²) in [6, 6.07) is 0. The van der Waals surface area contributed by atoms with Gasteiger partial charge in [-0.1, -0.05) is 47.0 Å². The average Bonchev–Trinajstić information content (AvgIpc) is 2.16. The van der Waals surface area contributed by atoms with Gasteiger partial charge in [-0.25, -0.2) is 0 Å². The Morgan fingerprint density at radius 1 is 0.938 bits per heavy atom. The zero-order valence-electron chi connectivity index (χ0n) is 12.2. The number of hydrogen-bond donors (Lipinski definition) is 0. The fourth-order valence-electron chi connectivity index (χ4n) is 1.77. The summed E-state index contributed by atoms with van der Waals surface area (Å²) in [5.74, 6) is 2.55. The first-order chi connectivity index (χ1) is 7.43. The highest BCUT2D eigenvalue weighted by molar-refractivity contribution is 5.78. The van der Waals surface area contributed by atoms with Crippen LogP contribution in [-0.4, -0.2) is 12.3 Å². The van der Waals surface area contributed by atoms with Crippen molar-refractivity contribution in [3.8, 4) is 0 Å². The fourth-order valence-corrected chi connectivity index (χ4v) is 1.77. The van der Waals surface area contributed by atoms with Crippen LogP contribution in [0.25, 0.3) is 0 Å². The Labute approximate surface area is 103 Å². The van der Waals surface area contributed by atoms with Gasteiger partial charge in [0.2, 0.25) is 0 Å². The molecule has 1 nitrogen and oxygen atoms in total. The maximum atomic E-state index is 4.45. The van der Waals surface area contributed by atoms with Crippen LogP contribution in [0.1, 0.15) is 67.2 Å². The van der Waals surface area contributed by atoms with E-state index in [9.17, 15) is 0 Å². The summed E-state index contributed by atoms with van der Waals surface area (Å²) >= 11 is 0. The molecule has 0 saturated heterocycles. The largest absolute Gasteiger partial charge is 0.295 e. The summed E-state index contributed by atoms with van der Waals surface area (Å²) in [6.45, 7) is 14.6. The molecule has 0 spiro atoms. The van der Waals surface area contributed by atoms with Gasteiger partial charge >= 0.3 is 0 Å². The lowest BCUT2D eigenvalue weighted by Crippen LogP contribution is -2.05. The third-order valence-corrected chi connectivity index (χ3v) is 3.54. The first-order valence-corrected chi connectivity index (χ1v) is 6.91. The van der Waals surface area contributed by atoms with Gasteiger partial charge in [0.15, 0.2) is 0 Å². The lowest BCUT2D eigenvalue weighted by Gasteiger charge is -2.16. The van der Waals surface area contributed by atoms with Crippen molar-refractivity contribution < 1.29 is 0 Å². The van der Waals surface area contributed by atoms with Crippen LogP contribution in [0.15, 0.2) is 4.99 Å². The van der Waals surface area contributed by atoms with Gasteiger partial charge in [-0.2, -0.15) is 0 Å². The smallest absolute Gasteiger partial charge is 0.0390 e.